The summed E-state index contributed by atoms with van der Waals surface area (Å²) in [5.41, 5.74) is -0.510. The molecule has 72 valence electrons. The minimum absolute atomic E-state index is 0.115. The number of nitrogens with zero attached hydrogens (tertiary/aromatic N) is 1. The van der Waals surface area contributed by atoms with Crippen LogP contribution in [0.4, 0.5) is 4.39 Å². The summed E-state index contributed by atoms with van der Waals surface area (Å²) in [5, 5.41) is 0.451. The average molecular weight is 194 g/mol. The molecule has 0 radical (unpaired) electrons. The van der Waals surface area contributed by atoms with Crippen LogP contribution in [0.2, 0.25) is 0 Å². The summed E-state index contributed by atoms with van der Waals surface area (Å²) < 4.78 is 18.1. The van der Waals surface area contributed by atoms with Crippen molar-refractivity contribution < 1.29 is 9.13 Å². The number of aromatic amines is 1. The Kier molecular flexibility index (Phi) is 1.92. The average Bonchev–Trinajstić information content (AvgIpc) is 2.18. The van der Waals surface area contributed by atoms with Crippen LogP contribution in [0.5, 0.6) is 5.88 Å². The largest absolute Gasteiger partial charge is 0.480 e. The minimum atomic E-state index is -0.626. The fraction of sp³-hybridized carbons (Fsp3) is 0.111. The van der Waals surface area contributed by atoms with E-state index < -0.39 is 11.5 Å². The molecule has 0 spiro atoms. The Hall–Kier alpha value is -1.91. The topological polar surface area (TPSA) is 55.0 Å². The molecular formula is C9H7FN2O2. The number of methoxy groups -OCH3 is 1. The number of hydrogen-bond donors (Lipinski definition) is 1. The first kappa shape index (κ1) is 8.68. The van der Waals surface area contributed by atoms with E-state index in [-0.39, 0.29) is 11.4 Å². The van der Waals surface area contributed by atoms with Gasteiger partial charge in [0.05, 0.1) is 18.0 Å². The molecule has 0 amide bonds. The fourth-order valence-corrected chi connectivity index (χ4v) is 1.27. The van der Waals surface area contributed by atoms with Gasteiger partial charge in [0.1, 0.15) is 5.82 Å². The van der Waals surface area contributed by atoms with Crippen molar-refractivity contribution >= 4 is 10.9 Å². The van der Waals surface area contributed by atoms with Gasteiger partial charge in [0.25, 0.3) is 0 Å². The van der Waals surface area contributed by atoms with Gasteiger partial charge in [-0.05, 0) is 12.1 Å². The van der Waals surface area contributed by atoms with Crippen molar-refractivity contribution in [3.63, 3.8) is 0 Å². The van der Waals surface area contributed by atoms with E-state index in [2.05, 4.69) is 9.97 Å². The molecule has 0 unspecified atom stereocenters. The third-order valence-corrected chi connectivity index (χ3v) is 1.87. The van der Waals surface area contributed by atoms with Crippen molar-refractivity contribution in [2.75, 3.05) is 7.11 Å². The van der Waals surface area contributed by atoms with Crippen LogP contribution < -0.4 is 10.4 Å². The lowest BCUT2D eigenvalue weighted by molar-refractivity contribution is 0.401. The van der Waals surface area contributed by atoms with Gasteiger partial charge in [-0.25, -0.2) is 9.18 Å². The highest BCUT2D eigenvalue weighted by Gasteiger charge is 2.07. The van der Waals surface area contributed by atoms with Crippen molar-refractivity contribution in [1.82, 2.24) is 9.97 Å². The van der Waals surface area contributed by atoms with Crippen LogP contribution >= 0.6 is 0 Å². The first-order chi connectivity index (χ1) is 6.72. The first-order valence-electron chi connectivity index (χ1n) is 3.95. The van der Waals surface area contributed by atoms with Crippen LogP contribution in [0, 0.1) is 5.82 Å². The van der Waals surface area contributed by atoms with Crippen molar-refractivity contribution in [3.05, 3.63) is 34.5 Å². The number of benzene rings is 1. The molecule has 0 bridgehead atoms. The molecule has 14 heavy (non-hydrogen) atoms. The lowest BCUT2D eigenvalue weighted by Gasteiger charge is -2.03. The first-order valence-corrected chi connectivity index (χ1v) is 3.95. The van der Waals surface area contributed by atoms with E-state index in [1.807, 2.05) is 0 Å². The molecule has 0 aliphatic heterocycles. The smallest absolute Gasteiger partial charge is 0.348 e. The molecule has 0 atom stereocenters. The maximum Gasteiger partial charge on any atom is 0.348 e. The summed E-state index contributed by atoms with van der Waals surface area (Å²) in [5.74, 6) is -0.372. The molecule has 0 aliphatic carbocycles. The van der Waals surface area contributed by atoms with E-state index in [0.717, 1.165) is 0 Å². The summed E-state index contributed by atoms with van der Waals surface area (Å²) in [6.07, 6.45) is 0. The number of aromatic nitrogens is 2. The highest BCUT2D eigenvalue weighted by molar-refractivity contribution is 5.83. The summed E-state index contributed by atoms with van der Waals surface area (Å²) in [4.78, 5) is 16.9. The maximum absolute atomic E-state index is 13.2. The molecule has 1 heterocycles. The van der Waals surface area contributed by atoms with E-state index >= 15 is 0 Å². The number of halogens is 1. The van der Waals surface area contributed by atoms with Gasteiger partial charge < -0.3 is 9.72 Å². The second-order valence-electron chi connectivity index (χ2n) is 2.71. The zero-order valence-corrected chi connectivity index (χ0v) is 7.37. The Morgan fingerprint density at radius 1 is 1.50 bits per heavy atom. The van der Waals surface area contributed by atoms with Crippen molar-refractivity contribution in [2.24, 2.45) is 0 Å². The predicted octanol–water partition coefficient (Wildman–Crippen LogP) is 1.07. The van der Waals surface area contributed by atoms with E-state index in [9.17, 15) is 9.18 Å². The quantitative estimate of drug-likeness (QED) is 0.738. The summed E-state index contributed by atoms with van der Waals surface area (Å²) in [6.45, 7) is 0. The van der Waals surface area contributed by atoms with E-state index in [4.69, 9.17) is 4.74 Å². The fourth-order valence-electron chi connectivity index (χ4n) is 1.27. The molecule has 2 rings (SSSR count). The Labute approximate surface area is 78.4 Å². The molecular weight excluding hydrogens is 187 g/mol. The second-order valence-corrected chi connectivity index (χ2v) is 2.71. The minimum Gasteiger partial charge on any atom is -0.480 e. The van der Waals surface area contributed by atoms with Crippen LogP contribution in [0.15, 0.2) is 23.0 Å². The zero-order chi connectivity index (χ0) is 10.1. The number of para-hydroxylation sites is 1. The number of H-pyrrole nitrogens is 1. The SMILES string of the molecule is COc1nc(=O)[nH]c2c(F)cccc12. The zero-order valence-electron chi connectivity index (χ0n) is 7.37. The lowest BCUT2D eigenvalue weighted by Crippen LogP contribution is -2.11. The van der Waals surface area contributed by atoms with Crippen molar-refractivity contribution in [1.29, 1.82) is 0 Å². The number of ether oxygens (including phenoxy) is 1. The van der Waals surface area contributed by atoms with Crippen molar-refractivity contribution in [3.8, 4) is 5.88 Å². The van der Waals surface area contributed by atoms with Gasteiger partial charge in [0.15, 0.2) is 0 Å². The van der Waals surface area contributed by atoms with Gasteiger partial charge in [-0.2, -0.15) is 4.98 Å². The lowest BCUT2D eigenvalue weighted by atomic mass is 10.2. The number of rotatable bonds is 1. The normalized spacial score (nSPS) is 10.4. The Bertz CT molecular complexity index is 536. The maximum atomic E-state index is 13.2. The number of nitrogens with one attached hydrogen (secondary N) is 1. The number of hydrogen-bond acceptors (Lipinski definition) is 3. The van der Waals surface area contributed by atoms with E-state index in [1.165, 1.54) is 19.2 Å². The second kappa shape index (κ2) is 3.10. The van der Waals surface area contributed by atoms with Gasteiger partial charge in [-0.1, -0.05) is 6.07 Å². The van der Waals surface area contributed by atoms with Crippen LogP contribution in [-0.2, 0) is 0 Å². The van der Waals surface area contributed by atoms with Gasteiger partial charge in [-0.3, -0.25) is 0 Å². The summed E-state index contributed by atoms with van der Waals surface area (Å²) >= 11 is 0. The molecule has 1 N–H and O–H groups in total. The highest BCUT2D eigenvalue weighted by atomic mass is 19.1. The molecule has 5 heteroatoms. The monoisotopic (exact) mass is 194 g/mol. The summed E-state index contributed by atoms with van der Waals surface area (Å²) in [6, 6.07) is 4.41. The van der Waals surface area contributed by atoms with Crippen LogP contribution in [0.25, 0.3) is 10.9 Å². The number of fused-ring (bicyclic) bond motifs is 1. The molecule has 1 aromatic carbocycles. The molecule has 0 saturated heterocycles. The van der Waals surface area contributed by atoms with Crippen molar-refractivity contribution in [2.45, 2.75) is 0 Å². The van der Waals surface area contributed by atoms with Crippen LogP contribution in [0.1, 0.15) is 0 Å². The van der Waals surface area contributed by atoms with E-state index in [0.29, 0.717) is 5.39 Å². The molecule has 2 aromatic rings. The Morgan fingerprint density at radius 2 is 2.29 bits per heavy atom. The van der Waals surface area contributed by atoms with Crippen LogP contribution in [0.3, 0.4) is 0 Å². The standard InChI is InChI=1S/C9H7FN2O2/c1-14-8-5-3-2-4-6(10)7(5)11-9(13)12-8/h2-4H,1H3,(H,11,12,13). The molecule has 1 aromatic heterocycles. The van der Waals surface area contributed by atoms with Gasteiger partial charge in [-0.15, -0.1) is 0 Å². The third kappa shape index (κ3) is 1.22. The molecule has 4 nitrogen and oxygen atoms in total. The van der Waals surface area contributed by atoms with Gasteiger partial charge in [0, 0.05) is 0 Å². The molecule has 0 saturated carbocycles. The molecule has 0 aliphatic rings. The Balaban J connectivity index is 2.94. The predicted molar refractivity (Wildman–Crippen MR) is 48.9 cm³/mol. The Morgan fingerprint density at radius 3 is 3.00 bits per heavy atom. The van der Waals surface area contributed by atoms with Crippen LogP contribution in [-0.4, -0.2) is 17.1 Å². The van der Waals surface area contributed by atoms with E-state index in [1.54, 1.807) is 6.07 Å². The highest BCUT2D eigenvalue weighted by Crippen LogP contribution is 2.20. The molecule has 0 fully saturated rings. The van der Waals surface area contributed by atoms with Gasteiger partial charge >= 0.3 is 5.69 Å². The third-order valence-electron chi connectivity index (χ3n) is 1.87. The summed E-state index contributed by atoms with van der Waals surface area (Å²) in [7, 11) is 1.38. The van der Waals surface area contributed by atoms with Gasteiger partial charge in [0.2, 0.25) is 5.88 Å².